The van der Waals surface area contributed by atoms with Crippen molar-refractivity contribution in [3.63, 3.8) is 0 Å². The van der Waals surface area contributed by atoms with E-state index in [0.717, 1.165) is 0 Å². The fourth-order valence-electron chi connectivity index (χ4n) is 3.83. The summed E-state index contributed by atoms with van der Waals surface area (Å²) in [7, 11) is -1.16. The van der Waals surface area contributed by atoms with Gasteiger partial charge in [-0.15, -0.1) is 0 Å². The van der Waals surface area contributed by atoms with Gasteiger partial charge in [-0.2, -0.15) is 5.26 Å². The van der Waals surface area contributed by atoms with E-state index in [1.54, 1.807) is 7.05 Å². The lowest BCUT2D eigenvalue weighted by Crippen LogP contribution is -2.66. The molecule has 170 valence electrons. The van der Waals surface area contributed by atoms with Crippen LogP contribution in [0, 0.1) is 11.3 Å². The van der Waals surface area contributed by atoms with Crippen LogP contribution in [-0.4, -0.2) is 51.2 Å². The number of rotatable bonds is 10. The predicted molar refractivity (Wildman–Crippen MR) is 131 cm³/mol. The van der Waals surface area contributed by atoms with Crippen molar-refractivity contribution >= 4 is 24.8 Å². The molecule has 2 rings (SSSR count). The van der Waals surface area contributed by atoms with Crippen LogP contribution in [0.5, 0.6) is 0 Å². The first kappa shape index (κ1) is 25.2. The Bertz CT molecular complexity index is 895. The van der Waals surface area contributed by atoms with E-state index in [1.807, 2.05) is 36.4 Å². The highest BCUT2D eigenvalue weighted by Crippen LogP contribution is 2.36. The molecule has 7 heteroatoms. The van der Waals surface area contributed by atoms with Crippen molar-refractivity contribution in [3.8, 4) is 6.07 Å². The molecule has 1 amide bonds. The molecule has 0 aliphatic rings. The Kier molecular flexibility index (Phi) is 9.06. The SMILES string of the molecule is CN(CCCNC(=CC#N)CO[Si](c1ccccc1)(c1ccccc1)C(C)(C)C)C(=O)O. The van der Waals surface area contributed by atoms with Crippen molar-refractivity contribution in [2.75, 3.05) is 26.7 Å². The summed E-state index contributed by atoms with van der Waals surface area (Å²) in [5.41, 5.74) is 0.693. The maximum atomic E-state index is 10.9. The van der Waals surface area contributed by atoms with Crippen molar-refractivity contribution in [2.24, 2.45) is 0 Å². The van der Waals surface area contributed by atoms with Crippen molar-refractivity contribution in [1.29, 1.82) is 5.26 Å². The van der Waals surface area contributed by atoms with Crippen LogP contribution in [0.2, 0.25) is 5.04 Å². The first-order chi connectivity index (χ1) is 15.2. The number of nitrogens with one attached hydrogen (secondary N) is 1. The molecule has 0 aromatic heterocycles. The van der Waals surface area contributed by atoms with E-state index in [-0.39, 0.29) is 11.6 Å². The number of hydrogen-bond donors (Lipinski definition) is 2. The van der Waals surface area contributed by atoms with Crippen LogP contribution in [0.1, 0.15) is 27.2 Å². The largest absolute Gasteiger partial charge is 0.465 e. The number of amides is 1. The lowest BCUT2D eigenvalue weighted by molar-refractivity contribution is 0.155. The maximum absolute atomic E-state index is 10.9. The zero-order chi connectivity index (χ0) is 23.6. The van der Waals surface area contributed by atoms with Crippen LogP contribution in [0.4, 0.5) is 4.79 Å². The maximum Gasteiger partial charge on any atom is 0.407 e. The molecule has 0 atom stereocenters. The molecule has 32 heavy (non-hydrogen) atoms. The third kappa shape index (κ3) is 6.22. The van der Waals surface area contributed by atoms with Crippen molar-refractivity contribution in [2.45, 2.75) is 32.2 Å². The molecule has 0 radical (unpaired) electrons. The second-order valence-corrected chi connectivity index (χ2v) is 13.0. The van der Waals surface area contributed by atoms with Gasteiger partial charge in [-0.1, -0.05) is 81.4 Å². The van der Waals surface area contributed by atoms with Gasteiger partial charge in [0.2, 0.25) is 0 Å². The lowest BCUT2D eigenvalue weighted by atomic mass is 10.2. The predicted octanol–water partition coefficient (Wildman–Crippen LogP) is 3.56. The number of carboxylic acid groups (broad SMARTS) is 1. The minimum Gasteiger partial charge on any atom is -0.465 e. The lowest BCUT2D eigenvalue weighted by Gasteiger charge is -2.43. The second kappa shape index (κ2) is 11.5. The molecular weight excluding hydrogens is 418 g/mol. The summed E-state index contributed by atoms with van der Waals surface area (Å²) in [6, 6.07) is 22.8. The van der Waals surface area contributed by atoms with Crippen LogP contribution in [0.25, 0.3) is 0 Å². The summed E-state index contributed by atoms with van der Waals surface area (Å²) in [5, 5.41) is 23.7. The average Bonchev–Trinajstić information content (AvgIpc) is 2.77. The van der Waals surface area contributed by atoms with Gasteiger partial charge in [-0.05, 0) is 21.8 Å². The molecule has 0 fully saturated rings. The highest BCUT2D eigenvalue weighted by molar-refractivity contribution is 6.99. The van der Waals surface area contributed by atoms with Gasteiger partial charge in [0.1, 0.15) is 0 Å². The molecule has 0 saturated carbocycles. The Labute approximate surface area is 192 Å². The Morgan fingerprint density at radius 2 is 1.66 bits per heavy atom. The molecule has 0 bridgehead atoms. The summed E-state index contributed by atoms with van der Waals surface area (Å²) in [5.74, 6) is 0. The second-order valence-electron chi connectivity index (χ2n) is 8.74. The van der Waals surface area contributed by atoms with Gasteiger partial charge in [0.25, 0.3) is 8.32 Å². The Morgan fingerprint density at radius 3 is 2.09 bits per heavy atom. The molecule has 2 N–H and O–H groups in total. The van der Waals surface area contributed by atoms with Gasteiger partial charge < -0.3 is 19.7 Å². The van der Waals surface area contributed by atoms with E-state index in [1.165, 1.54) is 21.3 Å². The van der Waals surface area contributed by atoms with Gasteiger partial charge in [-0.3, -0.25) is 0 Å². The molecular formula is C25H33N3O3Si. The van der Waals surface area contributed by atoms with Crippen molar-refractivity contribution in [1.82, 2.24) is 10.2 Å². The quantitative estimate of drug-likeness (QED) is 0.328. The highest BCUT2D eigenvalue weighted by atomic mass is 28.4. The summed E-state index contributed by atoms with van der Waals surface area (Å²) >= 11 is 0. The van der Waals surface area contributed by atoms with Crippen LogP contribution in [0.15, 0.2) is 72.4 Å². The number of benzene rings is 2. The zero-order valence-electron chi connectivity index (χ0n) is 19.3. The van der Waals surface area contributed by atoms with Crippen molar-refractivity contribution < 1.29 is 14.3 Å². The Morgan fingerprint density at radius 1 is 1.12 bits per heavy atom. The number of allylic oxidation sites excluding steroid dienone is 1. The van der Waals surface area contributed by atoms with E-state index < -0.39 is 14.4 Å². The van der Waals surface area contributed by atoms with E-state index >= 15 is 0 Å². The van der Waals surface area contributed by atoms with Crippen molar-refractivity contribution in [3.05, 3.63) is 72.4 Å². The number of nitriles is 1. The third-order valence-electron chi connectivity index (χ3n) is 5.45. The van der Waals surface area contributed by atoms with E-state index in [0.29, 0.717) is 25.2 Å². The fourth-order valence-corrected chi connectivity index (χ4v) is 8.36. The molecule has 0 heterocycles. The van der Waals surface area contributed by atoms with E-state index in [2.05, 4.69) is 56.4 Å². The number of nitrogens with zero attached hydrogens (tertiary/aromatic N) is 2. The van der Waals surface area contributed by atoms with Crippen LogP contribution >= 0.6 is 0 Å². The zero-order valence-corrected chi connectivity index (χ0v) is 20.3. The molecule has 0 spiro atoms. The Balaban J connectivity index is 2.28. The third-order valence-corrected chi connectivity index (χ3v) is 10.4. The standard InChI is InChI=1S/C25H33N3O3Si/c1-25(2,3)32(22-12-7-5-8-13-22,23-14-9-6-10-15-23)31-20-21(16-17-26)27-18-11-19-28(4)24(29)30/h5-10,12-16,27H,11,18-20H2,1-4H3,(H,29,30). The molecule has 2 aromatic carbocycles. The minimum atomic E-state index is -2.70. The first-order valence-corrected chi connectivity index (χ1v) is 12.6. The molecule has 0 aliphatic heterocycles. The van der Waals surface area contributed by atoms with Gasteiger partial charge in [0.15, 0.2) is 0 Å². The molecule has 0 aliphatic carbocycles. The van der Waals surface area contributed by atoms with Gasteiger partial charge in [0, 0.05) is 31.9 Å². The molecule has 0 saturated heterocycles. The normalized spacial score (nSPS) is 12.2. The van der Waals surface area contributed by atoms with Gasteiger partial charge in [-0.25, -0.2) is 4.79 Å². The molecule has 6 nitrogen and oxygen atoms in total. The summed E-state index contributed by atoms with van der Waals surface area (Å²) in [6.07, 6.45) is 1.15. The van der Waals surface area contributed by atoms with Gasteiger partial charge in [0.05, 0.1) is 12.7 Å². The monoisotopic (exact) mass is 451 g/mol. The van der Waals surface area contributed by atoms with Crippen LogP contribution < -0.4 is 15.7 Å². The summed E-state index contributed by atoms with van der Waals surface area (Å²) in [4.78, 5) is 12.2. The molecule has 0 unspecified atom stereocenters. The highest BCUT2D eigenvalue weighted by Gasteiger charge is 2.50. The topological polar surface area (TPSA) is 85.6 Å². The average molecular weight is 452 g/mol. The molecule has 2 aromatic rings. The first-order valence-electron chi connectivity index (χ1n) is 10.7. The smallest absolute Gasteiger partial charge is 0.407 e. The minimum absolute atomic E-state index is 0.155. The van der Waals surface area contributed by atoms with E-state index in [9.17, 15) is 10.1 Å². The Hall–Kier alpha value is -3.08. The number of hydrogen-bond acceptors (Lipinski definition) is 4. The van der Waals surface area contributed by atoms with Crippen LogP contribution in [0.3, 0.4) is 0 Å². The van der Waals surface area contributed by atoms with Crippen LogP contribution in [-0.2, 0) is 4.43 Å². The van der Waals surface area contributed by atoms with E-state index in [4.69, 9.17) is 9.53 Å². The number of carbonyl (C=O) groups is 1. The summed E-state index contributed by atoms with van der Waals surface area (Å²) < 4.78 is 6.85. The van der Waals surface area contributed by atoms with Gasteiger partial charge >= 0.3 is 6.09 Å². The summed E-state index contributed by atoms with van der Waals surface area (Å²) in [6.45, 7) is 7.87. The fraction of sp³-hybridized carbons (Fsp3) is 0.360.